The monoisotopic (exact) mass is 299 g/mol. The molecule has 2 rings (SSSR count). The number of piperidine rings is 1. The molecule has 1 aromatic rings. The van der Waals surface area contributed by atoms with E-state index in [2.05, 4.69) is 9.71 Å². The highest BCUT2D eigenvalue weighted by Gasteiger charge is 2.30. The molecule has 1 aromatic heterocycles. The maximum atomic E-state index is 12.2. The Morgan fingerprint density at radius 1 is 1.40 bits per heavy atom. The van der Waals surface area contributed by atoms with Crippen molar-refractivity contribution in [1.29, 1.82) is 0 Å². The van der Waals surface area contributed by atoms with Crippen LogP contribution in [0.3, 0.4) is 0 Å². The van der Waals surface area contributed by atoms with Gasteiger partial charge >= 0.3 is 16.2 Å². The SMILES string of the molecule is Cc1cncc(NS(=O)(=O)N2CCC(C(=O)O)CC2)c1. The molecule has 20 heavy (non-hydrogen) atoms. The van der Waals surface area contributed by atoms with Crippen molar-refractivity contribution in [2.24, 2.45) is 5.92 Å². The molecule has 0 bridgehead atoms. The highest BCUT2D eigenvalue weighted by Crippen LogP contribution is 2.21. The summed E-state index contributed by atoms with van der Waals surface area (Å²) in [5.74, 6) is -1.32. The van der Waals surface area contributed by atoms with E-state index in [0.717, 1.165) is 5.56 Å². The minimum atomic E-state index is -3.65. The zero-order valence-corrected chi connectivity index (χ0v) is 11.9. The fourth-order valence-corrected chi connectivity index (χ4v) is 3.40. The number of nitrogens with one attached hydrogen (secondary N) is 1. The Hall–Kier alpha value is -1.67. The van der Waals surface area contributed by atoms with Crippen molar-refractivity contribution < 1.29 is 18.3 Å². The number of rotatable bonds is 4. The highest BCUT2D eigenvalue weighted by molar-refractivity contribution is 7.90. The Balaban J connectivity index is 2.03. The molecule has 2 heterocycles. The van der Waals surface area contributed by atoms with Crippen molar-refractivity contribution in [2.75, 3.05) is 17.8 Å². The number of nitrogens with zero attached hydrogens (tertiary/aromatic N) is 2. The van der Waals surface area contributed by atoms with Gasteiger partial charge in [-0.15, -0.1) is 0 Å². The molecular weight excluding hydrogens is 282 g/mol. The molecule has 0 aromatic carbocycles. The lowest BCUT2D eigenvalue weighted by Crippen LogP contribution is -2.42. The maximum Gasteiger partial charge on any atom is 0.306 e. The summed E-state index contributed by atoms with van der Waals surface area (Å²) < 4.78 is 28.1. The van der Waals surface area contributed by atoms with E-state index < -0.39 is 22.1 Å². The van der Waals surface area contributed by atoms with Gasteiger partial charge in [0.2, 0.25) is 0 Å². The van der Waals surface area contributed by atoms with Gasteiger partial charge in [0, 0.05) is 19.3 Å². The second kappa shape index (κ2) is 5.76. The summed E-state index contributed by atoms with van der Waals surface area (Å²) in [4.78, 5) is 14.8. The van der Waals surface area contributed by atoms with Crippen LogP contribution in [0, 0.1) is 12.8 Å². The Morgan fingerprint density at radius 3 is 2.60 bits per heavy atom. The molecule has 7 nitrogen and oxygen atoms in total. The molecule has 1 aliphatic rings. The van der Waals surface area contributed by atoms with Crippen LogP contribution in [0.4, 0.5) is 5.69 Å². The van der Waals surface area contributed by atoms with Gasteiger partial charge in [-0.3, -0.25) is 14.5 Å². The molecule has 0 unspecified atom stereocenters. The molecule has 110 valence electrons. The average Bonchev–Trinajstić information content (AvgIpc) is 2.38. The standard InChI is InChI=1S/C12H17N3O4S/c1-9-6-11(8-13-7-9)14-20(18,19)15-4-2-10(3-5-15)12(16)17/h6-8,10,14H,2-5H2,1H3,(H,16,17). The second-order valence-electron chi connectivity index (χ2n) is 4.87. The first-order chi connectivity index (χ1) is 9.38. The number of carboxylic acids is 1. The lowest BCUT2D eigenvalue weighted by atomic mass is 9.99. The fraction of sp³-hybridized carbons (Fsp3) is 0.500. The highest BCUT2D eigenvalue weighted by atomic mass is 32.2. The molecule has 1 fully saturated rings. The molecule has 0 atom stereocenters. The van der Waals surface area contributed by atoms with Gasteiger partial charge < -0.3 is 5.11 Å². The zero-order valence-electron chi connectivity index (χ0n) is 11.1. The summed E-state index contributed by atoms with van der Waals surface area (Å²) in [6.07, 6.45) is 3.75. The lowest BCUT2D eigenvalue weighted by Gasteiger charge is -2.29. The van der Waals surface area contributed by atoms with Crippen LogP contribution in [0.2, 0.25) is 0 Å². The number of aromatic nitrogens is 1. The molecule has 1 aliphatic heterocycles. The predicted molar refractivity (Wildman–Crippen MR) is 73.4 cm³/mol. The first-order valence-corrected chi connectivity index (χ1v) is 7.75. The smallest absolute Gasteiger partial charge is 0.306 e. The first kappa shape index (κ1) is 14.7. The summed E-state index contributed by atoms with van der Waals surface area (Å²) in [5, 5.41) is 8.90. The van der Waals surface area contributed by atoms with Gasteiger partial charge in [-0.05, 0) is 31.4 Å². The van der Waals surface area contributed by atoms with Crippen molar-refractivity contribution >= 4 is 21.9 Å². The summed E-state index contributed by atoms with van der Waals surface area (Å²) in [5.41, 5.74) is 1.26. The van der Waals surface area contributed by atoms with Gasteiger partial charge in [0.1, 0.15) is 0 Å². The van der Waals surface area contributed by atoms with Gasteiger partial charge in [-0.25, -0.2) is 0 Å². The summed E-state index contributed by atoms with van der Waals surface area (Å²) in [6, 6.07) is 1.69. The summed E-state index contributed by atoms with van der Waals surface area (Å²) >= 11 is 0. The van der Waals surface area contributed by atoms with E-state index in [1.54, 1.807) is 12.3 Å². The largest absolute Gasteiger partial charge is 0.481 e. The van der Waals surface area contributed by atoms with E-state index in [-0.39, 0.29) is 13.1 Å². The number of anilines is 1. The lowest BCUT2D eigenvalue weighted by molar-refractivity contribution is -0.142. The van der Waals surface area contributed by atoms with E-state index in [4.69, 9.17) is 5.11 Å². The van der Waals surface area contributed by atoms with Gasteiger partial charge in [0.15, 0.2) is 0 Å². The van der Waals surface area contributed by atoms with Crippen LogP contribution in [-0.2, 0) is 15.0 Å². The molecule has 0 saturated carbocycles. The number of hydrogen-bond acceptors (Lipinski definition) is 4. The third kappa shape index (κ3) is 3.45. The van der Waals surface area contributed by atoms with Crippen LogP contribution in [-0.4, -0.2) is 41.9 Å². The molecule has 2 N–H and O–H groups in total. The number of hydrogen-bond donors (Lipinski definition) is 2. The molecule has 0 aliphatic carbocycles. The van der Waals surface area contributed by atoms with Gasteiger partial charge in [0.05, 0.1) is 17.8 Å². The minimum Gasteiger partial charge on any atom is -0.481 e. The van der Waals surface area contributed by atoms with Gasteiger partial charge in [-0.2, -0.15) is 12.7 Å². The number of carbonyl (C=O) groups is 1. The van der Waals surface area contributed by atoms with Crippen molar-refractivity contribution in [3.05, 3.63) is 24.0 Å². The average molecular weight is 299 g/mol. The number of carboxylic acid groups (broad SMARTS) is 1. The molecule has 1 saturated heterocycles. The maximum absolute atomic E-state index is 12.2. The third-order valence-electron chi connectivity index (χ3n) is 3.26. The normalized spacial score (nSPS) is 17.9. The Morgan fingerprint density at radius 2 is 2.05 bits per heavy atom. The molecular formula is C12H17N3O4S. The van der Waals surface area contributed by atoms with E-state index >= 15 is 0 Å². The quantitative estimate of drug-likeness (QED) is 0.858. The van der Waals surface area contributed by atoms with Gasteiger partial charge in [0.25, 0.3) is 0 Å². The number of aryl methyl sites for hydroxylation is 1. The van der Waals surface area contributed by atoms with E-state index in [1.165, 1.54) is 10.5 Å². The van der Waals surface area contributed by atoms with Gasteiger partial charge in [-0.1, -0.05) is 0 Å². The van der Waals surface area contributed by atoms with Crippen LogP contribution in [0.5, 0.6) is 0 Å². The molecule has 0 radical (unpaired) electrons. The molecule has 8 heteroatoms. The number of pyridine rings is 1. The third-order valence-corrected chi connectivity index (χ3v) is 4.80. The van der Waals surface area contributed by atoms with Crippen molar-refractivity contribution in [1.82, 2.24) is 9.29 Å². The Bertz CT molecular complexity index is 594. The first-order valence-electron chi connectivity index (χ1n) is 6.31. The minimum absolute atomic E-state index is 0.214. The van der Waals surface area contributed by atoms with Crippen LogP contribution >= 0.6 is 0 Å². The second-order valence-corrected chi connectivity index (χ2v) is 6.54. The van der Waals surface area contributed by atoms with E-state index in [1.807, 2.05) is 6.92 Å². The Kier molecular flexibility index (Phi) is 4.24. The van der Waals surface area contributed by atoms with Crippen molar-refractivity contribution in [2.45, 2.75) is 19.8 Å². The zero-order chi connectivity index (χ0) is 14.8. The van der Waals surface area contributed by atoms with Crippen LogP contribution in [0.25, 0.3) is 0 Å². The summed E-state index contributed by atoms with van der Waals surface area (Å²) in [6.45, 7) is 2.25. The topological polar surface area (TPSA) is 99.6 Å². The van der Waals surface area contributed by atoms with Crippen molar-refractivity contribution in [3.8, 4) is 0 Å². The Labute approximate surface area is 117 Å². The van der Waals surface area contributed by atoms with Crippen LogP contribution in [0.1, 0.15) is 18.4 Å². The van der Waals surface area contributed by atoms with Crippen LogP contribution in [0.15, 0.2) is 18.5 Å². The molecule has 0 spiro atoms. The fourth-order valence-electron chi connectivity index (χ4n) is 2.17. The molecule has 0 amide bonds. The van der Waals surface area contributed by atoms with Crippen LogP contribution < -0.4 is 4.72 Å². The van der Waals surface area contributed by atoms with Crippen molar-refractivity contribution in [3.63, 3.8) is 0 Å². The predicted octanol–water partition coefficient (Wildman–Crippen LogP) is 0.843. The van der Waals surface area contributed by atoms with E-state index in [0.29, 0.717) is 18.5 Å². The number of aliphatic carboxylic acids is 1. The summed E-state index contributed by atoms with van der Waals surface area (Å²) in [7, 11) is -3.65. The van der Waals surface area contributed by atoms with E-state index in [9.17, 15) is 13.2 Å².